The van der Waals surface area contributed by atoms with Crippen LogP contribution in [0, 0.1) is 0 Å². The highest BCUT2D eigenvalue weighted by Gasteiger charge is 2.39. The van der Waals surface area contributed by atoms with Crippen molar-refractivity contribution >= 4 is 23.2 Å². The van der Waals surface area contributed by atoms with Crippen molar-refractivity contribution in [3.63, 3.8) is 0 Å². The number of hydrogen-bond donors (Lipinski definition) is 1. The zero-order valence-corrected chi connectivity index (χ0v) is 12.0. The minimum atomic E-state index is -4.39. The second-order valence-electron chi connectivity index (χ2n) is 4.71. The molecule has 1 fully saturated rings. The van der Waals surface area contributed by atoms with E-state index in [4.69, 9.17) is 16.3 Å². The van der Waals surface area contributed by atoms with Gasteiger partial charge in [0, 0.05) is 11.6 Å². The van der Waals surface area contributed by atoms with Crippen LogP contribution < -0.4 is 10.1 Å². The smallest absolute Gasteiger partial charge is 0.406 e. The van der Waals surface area contributed by atoms with Crippen molar-refractivity contribution in [1.29, 1.82) is 0 Å². The maximum atomic E-state index is 12.4. The number of amides is 1. The average molecular weight is 323 g/mol. The van der Waals surface area contributed by atoms with Gasteiger partial charge in [-0.05, 0) is 24.6 Å². The standard InChI is InChI=1S/C13H14ClF3N2O2/c1-21-11-3-2-8(14)6-10(11)18-9-4-5-19(12(9)20)7-13(15,16)17/h2-3,6,9,18H,4-5,7H2,1H3. The SMILES string of the molecule is COc1ccc(Cl)cc1NC1CCN(CC(F)(F)F)C1=O. The van der Waals surface area contributed by atoms with Crippen LogP contribution >= 0.6 is 11.6 Å². The summed E-state index contributed by atoms with van der Waals surface area (Å²) in [7, 11) is 1.46. The fraction of sp³-hybridized carbons (Fsp3) is 0.462. The molecule has 8 heteroatoms. The Morgan fingerprint density at radius 1 is 1.48 bits per heavy atom. The Bertz CT molecular complexity index is 537. The summed E-state index contributed by atoms with van der Waals surface area (Å²) in [5.41, 5.74) is 0.484. The highest BCUT2D eigenvalue weighted by atomic mass is 35.5. The molecule has 0 aliphatic carbocycles. The summed E-state index contributed by atoms with van der Waals surface area (Å²) >= 11 is 5.87. The Morgan fingerprint density at radius 3 is 2.81 bits per heavy atom. The maximum Gasteiger partial charge on any atom is 0.406 e. The molecule has 21 heavy (non-hydrogen) atoms. The minimum absolute atomic E-state index is 0.0683. The highest BCUT2D eigenvalue weighted by molar-refractivity contribution is 6.30. The number of benzene rings is 1. The number of hydrogen-bond acceptors (Lipinski definition) is 3. The van der Waals surface area contributed by atoms with Gasteiger partial charge in [-0.2, -0.15) is 13.2 Å². The summed E-state index contributed by atoms with van der Waals surface area (Å²) in [6, 6.07) is 4.11. The lowest BCUT2D eigenvalue weighted by molar-refractivity contribution is -0.157. The van der Waals surface area contributed by atoms with Crippen LogP contribution in [0.25, 0.3) is 0 Å². The number of ether oxygens (including phenoxy) is 1. The maximum absolute atomic E-state index is 12.4. The fourth-order valence-electron chi connectivity index (χ4n) is 2.23. The minimum Gasteiger partial charge on any atom is -0.495 e. The highest BCUT2D eigenvalue weighted by Crippen LogP contribution is 2.30. The number of nitrogens with zero attached hydrogens (tertiary/aromatic N) is 1. The molecule has 2 rings (SSSR count). The Balaban J connectivity index is 2.08. The zero-order chi connectivity index (χ0) is 15.6. The molecule has 0 saturated carbocycles. The van der Waals surface area contributed by atoms with Gasteiger partial charge >= 0.3 is 6.18 Å². The van der Waals surface area contributed by atoms with Gasteiger partial charge in [0.25, 0.3) is 0 Å². The third-order valence-electron chi connectivity index (χ3n) is 3.16. The van der Waals surface area contributed by atoms with E-state index in [1.165, 1.54) is 7.11 Å². The van der Waals surface area contributed by atoms with E-state index in [9.17, 15) is 18.0 Å². The largest absolute Gasteiger partial charge is 0.495 e. The first kappa shape index (κ1) is 15.8. The first-order valence-electron chi connectivity index (χ1n) is 6.26. The van der Waals surface area contributed by atoms with Crippen LogP contribution in [0.5, 0.6) is 5.75 Å². The van der Waals surface area contributed by atoms with Crippen LogP contribution in [0.1, 0.15) is 6.42 Å². The number of carbonyl (C=O) groups is 1. The van der Waals surface area contributed by atoms with Gasteiger partial charge < -0.3 is 15.0 Å². The molecule has 1 atom stereocenters. The van der Waals surface area contributed by atoms with Gasteiger partial charge in [-0.1, -0.05) is 11.6 Å². The second-order valence-corrected chi connectivity index (χ2v) is 5.14. The normalized spacial score (nSPS) is 19.0. The van der Waals surface area contributed by atoms with Crippen molar-refractivity contribution in [2.45, 2.75) is 18.6 Å². The molecule has 1 N–H and O–H groups in total. The molecule has 1 aromatic carbocycles. The van der Waals surface area contributed by atoms with Gasteiger partial charge in [0.15, 0.2) is 0 Å². The molecular formula is C13H14ClF3N2O2. The number of rotatable bonds is 4. The number of likely N-dealkylation sites (tertiary alicyclic amines) is 1. The first-order valence-corrected chi connectivity index (χ1v) is 6.63. The van der Waals surface area contributed by atoms with Crippen molar-refractivity contribution in [2.24, 2.45) is 0 Å². The van der Waals surface area contributed by atoms with E-state index in [-0.39, 0.29) is 6.54 Å². The molecule has 116 valence electrons. The van der Waals surface area contributed by atoms with Crippen molar-refractivity contribution in [3.8, 4) is 5.75 Å². The predicted molar refractivity (Wildman–Crippen MR) is 72.7 cm³/mol. The molecule has 1 heterocycles. The molecule has 0 radical (unpaired) electrons. The lowest BCUT2D eigenvalue weighted by Gasteiger charge is -2.19. The van der Waals surface area contributed by atoms with E-state index in [0.717, 1.165) is 4.90 Å². The number of carbonyl (C=O) groups excluding carboxylic acids is 1. The summed E-state index contributed by atoms with van der Waals surface area (Å²) < 4.78 is 42.2. The molecule has 1 aromatic rings. The van der Waals surface area contributed by atoms with Crippen LogP contribution in [-0.2, 0) is 4.79 Å². The molecule has 0 spiro atoms. The molecular weight excluding hydrogens is 309 g/mol. The van der Waals surface area contributed by atoms with Gasteiger partial charge in [-0.25, -0.2) is 0 Å². The molecule has 0 aromatic heterocycles. The van der Waals surface area contributed by atoms with Gasteiger partial charge in [0.1, 0.15) is 18.3 Å². The zero-order valence-electron chi connectivity index (χ0n) is 11.2. The molecule has 1 saturated heterocycles. The second kappa shape index (κ2) is 6.01. The van der Waals surface area contributed by atoms with Crippen LogP contribution in [0.2, 0.25) is 5.02 Å². The molecule has 1 aliphatic rings. The van der Waals surface area contributed by atoms with Crippen molar-refractivity contribution in [3.05, 3.63) is 23.2 Å². The average Bonchev–Trinajstić information content (AvgIpc) is 2.70. The van der Waals surface area contributed by atoms with Crippen LogP contribution in [0.3, 0.4) is 0 Å². The van der Waals surface area contributed by atoms with Gasteiger partial charge in [-0.3, -0.25) is 4.79 Å². The van der Waals surface area contributed by atoms with Gasteiger partial charge in [0.05, 0.1) is 12.8 Å². The Hall–Kier alpha value is -1.63. The first-order chi connectivity index (χ1) is 9.80. The molecule has 1 amide bonds. The number of anilines is 1. The Labute approximate surface area is 124 Å². The summed E-state index contributed by atoms with van der Waals surface area (Å²) in [5, 5.41) is 3.34. The van der Waals surface area contributed by atoms with Crippen LogP contribution in [0.15, 0.2) is 18.2 Å². The Kier molecular flexibility index (Phi) is 4.51. The Morgan fingerprint density at radius 2 is 2.19 bits per heavy atom. The summed E-state index contributed by atoms with van der Waals surface area (Å²) in [4.78, 5) is 12.8. The number of nitrogens with one attached hydrogen (secondary N) is 1. The lowest BCUT2D eigenvalue weighted by Crippen LogP contribution is -2.39. The fourth-order valence-corrected chi connectivity index (χ4v) is 2.40. The van der Waals surface area contributed by atoms with E-state index in [1.807, 2.05) is 0 Å². The number of halogens is 4. The van der Waals surface area contributed by atoms with E-state index in [0.29, 0.717) is 22.9 Å². The number of alkyl halides is 3. The van der Waals surface area contributed by atoms with Crippen molar-refractivity contribution < 1.29 is 22.7 Å². The van der Waals surface area contributed by atoms with Crippen molar-refractivity contribution in [2.75, 3.05) is 25.5 Å². The summed E-state index contributed by atoms with van der Waals surface area (Å²) in [5.74, 6) is -0.101. The number of methoxy groups -OCH3 is 1. The predicted octanol–water partition coefficient (Wildman–Crippen LogP) is 2.92. The van der Waals surface area contributed by atoms with E-state index >= 15 is 0 Å². The van der Waals surface area contributed by atoms with Crippen LogP contribution in [0.4, 0.5) is 18.9 Å². The molecule has 4 nitrogen and oxygen atoms in total. The van der Waals surface area contributed by atoms with Crippen LogP contribution in [-0.4, -0.2) is 43.2 Å². The third kappa shape index (κ3) is 3.93. The molecule has 1 unspecified atom stereocenters. The van der Waals surface area contributed by atoms with E-state index in [2.05, 4.69) is 5.32 Å². The van der Waals surface area contributed by atoms with Gasteiger partial charge in [0.2, 0.25) is 5.91 Å². The quantitative estimate of drug-likeness (QED) is 0.926. The van der Waals surface area contributed by atoms with E-state index in [1.54, 1.807) is 18.2 Å². The van der Waals surface area contributed by atoms with Crippen molar-refractivity contribution in [1.82, 2.24) is 4.90 Å². The molecule has 0 bridgehead atoms. The molecule has 1 aliphatic heterocycles. The third-order valence-corrected chi connectivity index (χ3v) is 3.39. The van der Waals surface area contributed by atoms with Gasteiger partial charge in [-0.15, -0.1) is 0 Å². The summed E-state index contributed by atoms with van der Waals surface area (Å²) in [6.45, 7) is -1.16. The summed E-state index contributed by atoms with van der Waals surface area (Å²) in [6.07, 6.45) is -4.09. The lowest BCUT2D eigenvalue weighted by atomic mass is 10.2. The monoisotopic (exact) mass is 322 g/mol. The topological polar surface area (TPSA) is 41.6 Å². The van der Waals surface area contributed by atoms with E-state index < -0.39 is 24.7 Å².